The van der Waals surface area contributed by atoms with Gasteiger partial charge in [0.1, 0.15) is 5.75 Å². The Labute approximate surface area is 148 Å². The summed E-state index contributed by atoms with van der Waals surface area (Å²) in [5, 5.41) is 4.04. The summed E-state index contributed by atoms with van der Waals surface area (Å²) in [7, 11) is -0.819. The largest absolute Gasteiger partial charge is 0.449 e. The van der Waals surface area contributed by atoms with Crippen LogP contribution in [-0.4, -0.2) is 23.9 Å². The molecule has 25 heavy (non-hydrogen) atoms. The standard InChI is InChI=1S/C18H24FN2O3P/c19-17(18(22)21-12-6-2-1-5-11-20)16-14-8-4-3-7-13(14)9-10-15(16)24-25-23/h3-4,7-10,17,23,25H,1-2,5-6,11-12,20H2,(H,21,22). The molecule has 4 N–H and O–H groups in total. The quantitative estimate of drug-likeness (QED) is 0.445. The second-order valence-corrected chi connectivity index (χ2v) is 6.14. The van der Waals surface area contributed by atoms with Gasteiger partial charge in [-0.15, -0.1) is 0 Å². The molecule has 1 amide bonds. The predicted octanol–water partition coefficient (Wildman–Crippen LogP) is 3.37. The molecule has 5 nitrogen and oxygen atoms in total. The number of carbonyl (C=O) groups excluding carboxylic acids is 1. The van der Waals surface area contributed by atoms with Crippen molar-refractivity contribution in [3.05, 3.63) is 42.0 Å². The minimum absolute atomic E-state index is 0.153. The summed E-state index contributed by atoms with van der Waals surface area (Å²) in [5.74, 6) is -0.508. The SMILES string of the molecule is NCCCCCCNC(=O)C(F)c1c(OPO)ccc2ccccc12. The lowest BCUT2D eigenvalue weighted by atomic mass is 9.99. The smallest absolute Gasteiger partial charge is 0.259 e. The van der Waals surface area contributed by atoms with Crippen LogP contribution in [0.1, 0.15) is 37.4 Å². The first kappa shape index (κ1) is 19.6. The summed E-state index contributed by atoms with van der Waals surface area (Å²) < 4.78 is 20.0. The average molecular weight is 366 g/mol. The zero-order chi connectivity index (χ0) is 18.1. The molecule has 0 aliphatic heterocycles. The Kier molecular flexibility index (Phi) is 8.06. The van der Waals surface area contributed by atoms with E-state index in [0.29, 0.717) is 18.5 Å². The number of halogens is 1. The van der Waals surface area contributed by atoms with Gasteiger partial charge < -0.3 is 20.5 Å². The van der Waals surface area contributed by atoms with Gasteiger partial charge in [0.25, 0.3) is 5.91 Å². The lowest BCUT2D eigenvalue weighted by Crippen LogP contribution is -2.28. The zero-order valence-corrected chi connectivity index (χ0v) is 15.0. The van der Waals surface area contributed by atoms with Crippen LogP contribution < -0.4 is 15.6 Å². The molecule has 0 saturated carbocycles. The highest BCUT2D eigenvalue weighted by Gasteiger charge is 2.25. The number of hydrogen-bond acceptors (Lipinski definition) is 4. The summed E-state index contributed by atoms with van der Waals surface area (Å²) in [6, 6.07) is 10.6. The lowest BCUT2D eigenvalue weighted by molar-refractivity contribution is -0.126. The number of hydrogen-bond donors (Lipinski definition) is 3. The van der Waals surface area contributed by atoms with Crippen LogP contribution in [-0.2, 0) is 4.79 Å². The van der Waals surface area contributed by atoms with Gasteiger partial charge in [-0.2, -0.15) is 0 Å². The van der Waals surface area contributed by atoms with Crippen LogP contribution in [0.4, 0.5) is 4.39 Å². The molecule has 0 spiro atoms. The molecule has 0 aliphatic rings. The predicted molar refractivity (Wildman–Crippen MR) is 99.5 cm³/mol. The summed E-state index contributed by atoms with van der Waals surface area (Å²) in [6.07, 6.45) is 1.84. The summed E-state index contributed by atoms with van der Waals surface area (Å²) in [4.78, 5) is 21.3. The number of benzene rings is 2. The van der Waals surface area contributed by atoms with Crippen molar-refractivity contribution >= 4 is 25.7 Å². The summed E-state index contributed by atoms with van der Waals surface area (Å²) in [5.41, 5.74) is 5.58. The van der Waals surface area contributed by atoms with Crippen molar-refractivity contribution in [3.63, 3.8) is 0 Å². The Morgan fingerprint density at radius 2 is 1.96 bits per heavy atom. The second-order valence-electron chi connectivity index (χ2n) is 5.75. The van der Waals surface area contributed by atoms with Crippen LogP contribution in [0.3, 0.4) is 0 Å². The van der Waals surface area contributed by atoms with Gasteiger partial charge in [0.2, 0.25) is 15.2 Å². The van der Waals surface area contributed by atoms with Crippen LogP contribution in [0.2, 0.25) is 0 Å². The molecule has 2 atom stereocenters. The first-order valence-corrected chi connectivity index (χ1v) is 9.24. The fourth-order valence-corrected chi connectivity index (χ4v) is 3.01. The first-order valence-electron chi connectivity index (χ1n) is 8.38. The van der Waals surface area contributed by atoms with E-state index < -0.39 is 21.1 Å². The Bertz CT molecular complexity index is 699. The average Bonchev–Trinajstić information content (AvgIpc) is 2.64. The van der Waals surface area contributed by atoms with E-state index in [2.05, 4.69) is 5.32 Å². The van der Waals surface area contributed by atoms with Crippen molar-refractivity contribution in [1.29, 1.82) is 0 Å². The Morgan fingerprint density at radius 3 is 2.72 bits per heavy atom. The van der Waals surface area contributed by atoms with Crippen LogP contribution in [0.5, 0.6) is 5.75 Å². The highest BCUT2D eigenvalue weighted by Crippen LogP contribution is 2.37. The molecule has 7 heteroatoms. The summed E-state index contributed by atoms with van der Waals surface area (Å²) in [6.45, 7) is 1.08. The van der Waals surface area contributed by atoms with E-state index in [9.17, 15) is 9.18 Å². The summed E-state index contributed by atoms with van der Waals surface area (Å²) >= 11 is 0. The second kappa shape index (κ2) is 10.3. The van der Waals surface area contributed by atoms with Crippen molar-refractivity contribution in [3.8, 4) is 5.75 Å². The molecule has 0 saturated heterocycles. The molecular formula is C18H24FN2O3P. The van der Waals surface area contributed by atoms with Gasteiger partial charge in [-0.05, 0) is 36.2 Å². The number of nitrogens with one attached hydrogen (secondary N) is 1. The molecule has 2 rings (SSSR count). The number of carbonyl (C=O) groups is 1. The van der Waals surface area contributed by atoms with Crippen molar-refractivity contribution in [1.82, 2.24) is 5.32 Å². The normalized spacial score (nSPS) is 12.6. The third-order valence-corrected chi connectivity index (χ3v) is 4.31. The van der Waals surface area contributed by atoms with Crippen molar-refractivity contribution < 1.29 is 18.6 Å². The molecule has 2 aromatic carbocycles. The van der Waals surface area contributed by atoms with Crippen molar-refractivity contribution in [2.45, 2.75) is 31.9 Å². The number of amides is 1. The molecule has 2 aromatic rings. The van der Waals surface area contributed by atoms with E-state index in [-0.39, 0.29) is 11.3 Å². The maximum absolute atomic E-state index is 14.9. The van der Waals surface area contributed by atoms with E-state index in [1.807, 2.05) is 12.1 Å². The van der Waals surface area contributed by atoms with Gasteiger partial charge in [-0.25, -0.2) is 4.39 Å². The third-order valence-electron chi connectivity index (χ3n) is 4.00. The molecule has 136 valence electrons. The van der Waals surface area contributed by atoms with Crippen LogP contribution in [0.15, 0.2) is 36.4 Å². The van der Waals surface area contributed by atoms with Crippen molar-refractivity contribution in [2.75, 3.05) is 13.1 Å². The first-order chi connectivity index (χ1) is 12.2. The maximum Gasteiger partial charge on any atom is 0.259 e. The topological polar surface area (TPSA) is 84.6 Å². The number of fused-ring (bicyclic) bond motifs is 1. The monoisotopic (exact) mass is 366 g/mol. The van der Waals surface area contributed by atoms with E-state index in [0.717, 1.165) is 31.1 Å². The number of alkyl halides is 1. The van der Waals surface area contributed by atoms with Gasteiger partial charge in [0.05, 0.1) is 0 Å². The molecule has 0 aliphatic carbocycles. The molecule has 0 heterocycles. The van der Waals surface area contributed by atoms with Gasteiger partial charge in [0, 0.05) is 12.1 Å². The fourth-order valence-electron chi connectivity index (χ4n) is 2.73. The Balaban J connectivity index is 2.10. The molecule has 2 unspecified atom stereocenters. The number of unbranched alkanes of at least 4 members (excludes halogenated alkanes) is 3. The van der Waals surface area contributed by atoms with E-state index in [1.54, 1.807) is 24.3 Å². The third kappa shape index (κ3) is 5.36. The maximum atomic E-state index is 14.9. The Morgan fingerprint density at radius 1 is 1.20 bits per heavy atom. The van der Waals surface area contributed by atoms with Crippen LogP contribution in [0.25, 0.3) is 10.8 Å². The van der Waals surface area contributed by atoms with E-state index >= 15 is 0 Å². The van der Waals surface area contributed by atoms with Crippen LogP contribution >= 0.6 is 9.03 Å². The molecule has 0 radical (unpaired) electrons. The van der Waals surface area contributed by atoms with Gasteiger partial charge >= 0.3 is 0 Å². The highest BCUT2D eigenvalue weighted by atomic mass is 31.1. The number of nitrogens with two attached hydrogens (primary N) is 1. The molecule has 0 fully saturated rings. The zero-order valence-electron chi connectivity index (χ0n) is 14.0. The van der Waals surface area contributed by atoms with Crippen LogP contribution in [0, 0.1) is 0 Å². The number of rotatable bonds is 10. The molecule has 0 bridgehead atoms. The van der Waals surface area contributed by atoms with Crippen molar-refractivity contribution in [2.24, 2.45) is 5.73 Å². The lowest BCUT2D eigenvalue weighted by Gasteiger charge is -2.16. The highest BCUT2D eigenvalue weighted by molar-refractivity contribution is 7.25. The van der Waals surface area contributed by atoms with Gasteiger partial charge in [0.15, 0.2) is 0 Å². The minimum atomic E-state index is -1.86. The Hall–Kier alpha value is -1.75. The van der Waals surface area contributed by atoms with Gasteiger partial charge in [-0.1, -0.05) is 43.2 Å². The molecule has 0 aromatic heterocycles. The van der Waals surface area contributed by atoms with E-state index in [4.69, 9.17) is 15.2 Å². The van der Waals surface area contributed by atoms with E-state index in [1.165, 1.54) is 0 Å². The molecular weight excluding hydrogens is 342 g/mol. The fraction of sp³-hybridized carbons (Fsp3) is 0.389. The minimum Gasteiger partial charge on any atom is -0.449 e. The van der Waals surface area contributed by atoms with Gasteiger partial charge in [-0.3, -0.25) is 4.79 Å².